The van der Waals surface area contributed by atoms with Crippen LogP contribution in [-0.2, 0) is 0 Å². The first-order valence-corrected chi connectivity index (χ1v) is 5.43. The van der Waals surface area contributed by atoms with Gasteiger partial charge in [0.05, 0.1) is 0 Å². The van der Waals surface area contributed by atoms with E-state index in [9.17, 15) is 0 Å². The number of nitrogens with two attached hydrogens (primary N) is 1. The van der Waals surface area contributed by atoms with E-state index in [1.165, 1.54) is 12.8 Å². The molecular weight excluding hydrogens is 162 g/mol. The maximum Gasteiger partial charge on any atom is 0.0434 e. The highest BCUT2D eigenvalue weighted by Gasteiger charge is 2.56. The number of hydrogen-bond donors (Lipinski definition) is 2. The van der Waals surface area contributed by atoms with Crippen LogP contribution in [0.3, 0.4) is 0 Å². The van der Waals surface area contributed by atoms with Gasteiger partial charge in [0, 0.05) is 12.6 Å². The van der Waals surface area contributed by atoms with Gasteiger partial charge in [-0.2, -0.15) is 0 Å². The highest BCUT2D eigenvalue weighted by molar-refractivity contribution is 5.07. The quantitative estimate of drug-likeness (QED) is 0.679. The molecule has 0 heterocycles. The fourth-order valence-electron chi connectivity index (χ4n) is 3.44. The van der Waals surface area contributed by atoms with Crippen molar-refractivity contribution in [1.29, 1.82) is 0 Å². The predicted octanol–water partition coefficient (Wildman–Crippen LogP) is 1.38. The van der Waals surface area contributed by atoms with Crippen LogP contribution in [0.4, 0.5) is 0 Å². The van der Waals surface area contributed by atoms with Gasteiger partial charge in [-0.3, -0.25) is 0 Å². The van der Waals surface area contributed by atoms with Crippen LogP contribution in [0.2, 0.25) is 0 Å². The number of hydrogen-bond acceptors (Lipinski definition) is 2. The van der Waals surface area contributed by atoms with E-state index < -0.39 is 0 Å². The monoisotopic (exact) mass is 183 g/mol. The normalized spacial score (nSPS) is 47.1. The Bertz CT molecular complexity index is 202. The molecule has 0 aromatic heterocycles. The van der Waals surface area contributed by atoms with E-state index in [-0.39, 0.29) is 0 Å². The molecule has 0 spiro atoms. The van der Waals surface area contributed by atoms with Gasteiger partial charge in [0.25, 0.3) is 0 Å². The average molecular weight is 183 g/mol. The van der Waals surface area contributed by atoms with Crippen molar-refractivity contribution in [2.24, 2.45) is 28.9 Å². The molecule has 0 amide bonds. The van der Waals surface area contributed by atoms with Crippen molar-refractivity contribution in [3.63, 3.8) is 0 Å². The van der Waals surface area contributed by atoms with Crippen LogP contribution in [0, 0.1) is 23.2 Å². The lowest BCUT2D eigenvalue weighted by Gasteiger charge is -2.61. The molecule has 3 aliphatic carbocycles. The van der Waals surface area contributed by atoms with Crippen molar-refractivity contribution < 1.29 is 5.11 Å². The van der Waals surface area contributed by atoms with E-state index in [1.807, 2.05) is 0 Å². The van der Waals surface area contributed by atoms with Crippen molar-refractivity contribution in [1.82, 2.24) is 0 Å². The van der Waals surface area contributed by atoms with Crippen LogP contribution in [0.25, 0.3) is 0 Å². The summed E-state index contributed by atoms with van der Waals surface area (Å²) >= 11 is 0. The summed E-state index contributed by atoms with van der Waals surface area (Å²) in [6, 6.07) is 0.340. The first-order valence-electron chi connectivity index (χ1n) is 5.43. The highest BCUT2D eigenvalue weighted by atomic mass is 16.3. The first kappa shape index (κ1) is 9.47. The minimum atomic E-state index is 0.304. The molecule has 3 saturated carbocycles. The van der Waals surface area contributed by atoms with Crippen LogP contribution >= 0.6 is 0 Å². The maximum atomic E-state index is 8.91. The number of aliphatic hydroxyl groups is 1. The van der Waals surface area contributed by atoms with Gasteiger partial charge in [-0.25, -0.2) is 0 Å². The molecule has 3 rings (SSSR count). The topological polar surface area (TPSA) is 46.2 Å². The van der Waals surface area contributed by atoms with Crippen LogP contribution in [0.15, 0.2) is 0 Å². The standard InChI is InChI=1S/C11H21NO/c1-11(2)8-5-7(3-4-13)10(12)9(11)6-8/h7-10,13H,3-6,12H2,1-2H3/t7-,8-,9-,10?/m0/s1. The van der Waals surface area contributed by atoms with Gasteiger partial charge < -0.3 is 10.8 Å². The van der Waals surface area contributed by atoms with E-state index in [0.717, 1.165) is 12.3 Å². The van der Waals surface area contributed by atoms with Gasteiger partial charge in [0.1, 0.15) is 0 Å². The predicted molar refractivity (Wildman–Crippen MR) is 53.2 cm³/mol. The zero-order chi connectivity index (χ0) is 9.64. The molecule has 0 aromatic carbocycles. The van der Waals surface area contributed by atoms with E-state index in [0.29, 0.717) is 29.9 Å². The number of aliphatic hydroxyl groups excluding tert-OH is 1. The molecule has 3 N–H and O–H groups in total. The zero-order valence-electron chi connectivity index (χ0n) is 8.66. The molecule has 0 radical (unpaired) electrons. The Morgan fingerprint density at radius 2 is 2.08 bits per heavy atom. The van der Waals surface area contributed by atoms with Crippen molar-refractivity contribution in [3.05, 3.63) is 0 Å². The third-order valence-electron chi connectivity index (χ3n) is 4.64. The van der Waals surface area contributed by atoms with Gasteiger partial charge in [0.15, 0.2) is 0 Å². The summed E-state index contributed by atoms with van der Waals surface area (Å²) in [5.41, 5.74) is 6.69. The summed E-state index contributed by atoms with van der Waals surface area (Å²) < 4.78 is 0. The van der Waals surface area contributed by atoms with Crippen molar-refractivity contribution in [2.75, 3.05) is 6.61 Å². The number of fused-ring (bicyclic) bond motifs is 2. The average Bonchev–Trinajstić information content (AvgIpc) is 2.08. The Labute approximate surface area is 80.5 Å². The summed E-state index contributed by atoms with van der Waals surface area (Å²) in [5, 5.41) is 8.91. The molecule has 0 aromatic rings. The highest BCUT2D eigenvalue weighted by Crippen LogP contribution is 2.60. The van der Waals surface area contributed by atoms with Gasteiger partial charge in [-0.15, -0.1) is 0 Å². The Morgan fingerprint density at radius 1 is 1.38 bits per heavy atom. The van der Waals surface area contributed by atoms with Crippen molar-refractivity contribution in [2.45, 2.75) is 39.2 Å². The SMILES string of the molecule is CC1(C)[C@H]2C[C@H](CCO)C(N)[C@@H]1C2. The molecule has 2 heteroatoms. The molecule has 2 nitrogen and oxygen atoms in total. The lowest BCUT2D eigenvalue weighted by atomic mass is 9.45. The minimum Gasteiger partial charge on any atom is -0.396 e. The van der Waals surface area contributed by atoms with Crippen LogP contribution in [-0.4, -0.2) is 17.8 Å². The van der Waals surface area contributed by atoms with Gasteiger partial charge in [-0.05, 0) is 42.4 Å². The fourth-order valence-corrected chi connectivity index (χ4v) is 3.44. The van der Waals surface area contributed by atoms with Crippen molar-refractivity contribution >= 4 is 0 Å². The fraction of sp³-hybridized carbons (Fsp3) is 1.00. The molecule has 0 saturated heterocycles. The third kappa shape index (κ3) is 1.23. The van der Waals surface area contributed by atoms with E-state index in [2.05, 4.69) is 13.8 Å². The molecule has 4 atom stereocenters. The van der Waals surface area contributed by atoms with Crippen molar-refractivity contribution in [3.8, 4) is 0 Å². The largest absolute Gasteiger partial charge is 0.396 e. The molecular formula is C11H21NO. The summed E-state index contributed by atoms with van der Waals surface area (Å²) in [7, 11) is 0. The third-order valence-corrected chi connectivity index (χ3v) is 4.64. The van der Waals surface area contributed by atoms with Gasteiger partial charge in [-0.1, -0.05) is 13.8 Å². The van der Waals surface area contributed by atoms with E-state index in [4.69, 9.17) is 10.8 Å². The Kier molecular flexibility index (Phi) is 2.16. The van der Waals surface area contributed by atoms with E-state index >= 15 is 0 Å². The van der Waals surface area contributed by atoms with Crippen LogP contribution in [0.1, 0.15) is 33.1 Å². The smallest absolute Gasteiger partial charge is 0.0434 e. The Morgan fingerprint density at radius 3 is 2.54 bits per heavy atom. The maximum absolute atomic E-state index is 8.91. The summed E-state index contributed by atoms with van der Waals surface area (Å²) in [6.45, 7) is 5.00. The van der Waals surface area contributed by atoms with Crippen LogP contribution in [0.5, 0.6) is 0 Å². The summed E-state index contributed by atoms with van der Waals surface area (Å²) in [5.74, 6) is 2.17. The number of rotatable bonds is 2. The first-order chi connectivity index (χ1) is 6.07. The Balaban J connectivity index is 2.03. The lowest BCUT2D eigenvalue weighted by Crippen LogP contribution is -2.61. The Hall–Kier alpha value is -0.0800. The molecule has 1 unspecified atom stereocenters. The molecule has 0 aliphatic heterocycles. The van der Waals surface area contributed by atoms with E-state index in [1.54, 1.807) is 0 Å². The molecule has 13 heavy (non-hydrogen) atoms. The molecule has 3 aliphatic rings. The molecule has 76 valence electrons. The second-order valence-corrected chi connectivity index (χ2v) is 5.45. The second-order valence-electron chi connectivity index (χ2n) is 5.45. The second kappa shape index (κ2) is 2.96. The van der Waals surface area contributed by atoms with Gasteiger partial charge >= 0.3 is 0 Å². The molecule has 2 bridgehead atoms. The van der Waals surface area contributed by atoms with Gasteiger partial charge in [0.2, 0.25) is 0 Å². The lowest BCUT2D eigenvalue weighted by molar-refractivity contribution is -0.107. The summed E-state index contributed by atoms with van der Waals surface area (Å²) in [4.78, 5) is 0. The minimum absolute atomic E-state index is 0.304. The van der Waals surface area contributed by atoms with Crippen LogP contribution < -0.4 is 5.73 Å². The molecule has 3 fully saturated rings. The summed E-state index contributed by atoms with van der Waals surface area (Å²) in [6.07, 6.45) is 3.48. The zero-order valence-corrected chi connectivity index (χ0v) is 8.66.